The van der Waals surface area contributed by atoms with Gasteiger partial charge >= 0.3 is 0 Å². The van der Waals surface area contributed by atoms with Crippen molar-refractivity contribution in [3.63, 3.8) is 0 Å². The first-order chi connectivity index (χ1) is 12.9. The molecule has 2 rings (SSSR count). The van der Waals surface area contributed by atoms with Crippen LogP contribution in [0.4, 0.5) is 0 Å². The smallest absolute Gasteiger partial charge is 0.272 e. The molecule has 1 amide bonds. The van der Waals surface area contributed by atoms with Crippen molar-refractivity contribution in [3.05, 3.63) is 36.0 Å². The molecule has 1 atom stereocenters. The number of carbonyl (C=O) groups is 1. The van der Waals surface area contributed by atoms with Crippen LogP contribution in [0.25, 0.3) is 10.9 Å². The van der Waals surface area contributed by atoms with Crippen LogP contribution >= 0.6 is 11.8 Å². The summed E-state index contributed by atoms with van der Waals surface area (Å²) in [6, 6.07) is 7.29. The van der Waals surface area contributed by atoms with Gasteiger partial charge in [-0.2, -0.15) is 0 Å². The third-order valence-electron chi connectivity index (χ3n) is 3.60. The minimum absolute atomic E-state index is 0.201. The van der Waals surface area contributed by atoms with Crippen molar-refractivity contribution in [2.75, 3.05) is 19.5 Å². The number of aromatic nitrogens is 1. The maximum atomic E-state index is 12.6. The van der Waals surface area contributed by atoms with Gasteiger partial charge in [-0.15, -0.1) is 24.6 Å². The Kier molecular flexibility index (Phi) is 7.12. The largest absolute Gasteiger partial charge is 0.470 e. The number of pyridine rings is 1. The second-order valence-electron chi connectivity index (χ2n) is 6.48. The van der Waals surface area contributed by atoms with Crippen molar-refractivity contribution in [1.82, 2.24) is 10.3 Å². The summed E-state index contributed by atoms with van der Waals surface area (Å²) in [6.07, 6.45) is 14.1. The van der Waals surface area contributed by atoms with Gasteiger partial charge < -0.3 is 14.8 Å². The maximum Gasteiger partial charge on any atom is 0.272 e. The van der Waals surface area contributed by atoms with Gasteiger partial charge in [0, 0.05) is 17.1 Å². The number of carbonyl (C=O) groups excluding carboxylic acids is 1. The first-order valence-electron chi connectivity index (χ1n) is 8.27. The van der Waals surface area contributed by atoms with Gasteiger partial charge in [-0.05, 0) is 44.4 Å². The molecule has 0 bridgehead atoms. The van der Waals surface area contributed by atoms with Crippen molar-refractivity contribution in [2.45, 2.75) is 24.8 Å². The van der Waals surface area contributed by atoms with Crippen LogP contribution in [0.15, 0.2) is 30.5 Å². The van der Waals surface area contributed by atoms with Gasteiger partial charge in [0.05, 0.1) is 17.7 Å². The minimum atomic E-state index is -0.710. The zero-order valence-electron chi connectivity index (χ0n) is 15.6. The molecule has 0 saturated heterocycles. The van der Waals surface area contributed by atoms with E-state index >= 15 is 0 Å². The molecule has 27 heavy (non-hydrogen) atoms. The molecule has 5 nitrogen and oxygen atoms in total. The monoisotopic (exact) mass is 382 g/mol. The number of hydrogen-bond donors (Lipinski definition) is 1. The third kappa shape index (κ3) is 5.92. The Morgan fingerprint density at radius 3 is 2.81 bits per heavy atom. The Bertz CT molecular complexity index is 896. The molecule has 0 aliphatic heterocycles. The van der Waals surface area contributed by atoms with Crippen molar-refractivity contribution >= 4 is 28.6 Å². The van der Waals surface area contributed by atoms with Gasteiger partial charge in [-0.25, -0.2) is 0 Å². The molecule has 0 spiro atoms. The second-order valence-corrected chi connectivity index (χ2v) is 7.38. The van der Waals surface area contributed by atoms with Crippen molar-refractivity contribution in [2.24, 2.45) is 0 Å². The summed E-state index contributed by atoms with van der Waals surface area (Å²) in [5, 5.41) is 3.78. The quantitative estimate of drug-likeness (QED) is 0.432. The second kappa shape index (κ2) is 9.32. The fourth-order valence-corrected chi connectivity index (χ4v) is 2.87. The van der Waals surface area contributed by atoms with Crippen LogP contribution in [0.2, 0.25) is 0 Å². The van der Waals surface area contributed by atoms with Crippen LogP contribution in [-0.4, -0.2) is 41.3 Å². The fourth-order valence-electron chi connectivity index (χ4n) is 2.39. The van der Waals surface area contributed by atoms with E-state index in [4.69, 9.17) is 22.3 Å². The molecule has 2 aromatic rings. The number of ether oxygens (including phenoxy) is 2. The number of rotatable bonds is 8. The van der Waals surface area contributed by atoms with Gasteiger partial charge in [-0.3, -0.25) is 9.78 Å². The van der Waals surface area contributed by atoms with E-state index in [0.29, 0.717) is 17.9 Å². The summed E-state index contributed by atoms with van der Waals surface area (Å²) in [6.45, 7) is 4.23. The molecule has 1 aromatic heterocycles. The lowest BCUT2D eigenvalue weighted by molar-refractivity contribution is -0.126. The highest BCUT2D eigenvalue weighted by Crippen LogP contribution is 2.23. The van der Waals surface area contributed by atoms with Crippen LogP contribution in [0, 0.1) is 24.7 Å². The lowest BCUT2D eigenvalue weighted by Crippen LogP contribution is -2.51. The zero-order valence-corrected chi connectivity index (χ0v) is 16.4. The summed E-state index contributed by atoms with van der Waals surface area (Å²) in [4.78, 5) is 16.9. The van der Waals surface area contributed by atoms with Gasteiger partial charge in [0.2, 0.25) is 5.44 Å². The van der Waals surface area contributed by atoms with Crippen LogP contribution in [0.5, 0.6) is 5.75 Å². The number of nitrogens with one attached hydrogen (secondary N) is 1. The standard InChI is InChI=1S/C21H22N2O3S/c1-6-10-25-14-21(3,4)23-19(24)20(27-5)26-17-8-9-18-16(12-17)11-15(7-2)13-22-18/h1-2,8-9,11-13,20H,10,14H2,3-5H3,(H,23,24). The zero-order chi connectivity index (χ0) is 19.9. The van der Waals surface area contributed by atoms with E-state index in [9.17, 15) is 4.79 Å². The summed E-state index contributed by atoms with van der Waals surface area (Å²) >= 11 is 1.30. The van der Waals surface area contributed by atoms with Crippen molar-refractivity contribution in [1.29, 1.82) is 0 Å². The number of nitrogens with zero attached hydrogens (tertiary/aromatic N) is 1. The molecule has 0 aliphatic rings. The SMILES string of the molecule is C#CCOCC(C)(C)NC(=O)C(Oc1ccc2ncc(C#C)cc2c1)SC. The molecule has 1 unspecified atom stereocenters. The first kappa shape index (κ1) is 20.6. The molecule has 6 heteroatoms. The Morgan fingerprint density at radius 1 is 1.37 bits per heavy atom. The fraction of sp³-hybridized carbons (Fsp3) is 0.333. The van der Waals surface area contributed by atoms with Crippen molar-refractivity contribution in [3.8, 4) is 30.4 Å². The summed E-state index contributed by atoms with van der Waals surface area (Å²) < 4.78 is 11.2. The van der Waals surface area contributed by atoms with Crippen LogP contribution < -0.4 is 10.1 Å². The maximum absolute atomic E-state index is 12.6. The first-order valence-corrected chi connectivity index (χ1v) is 9.56. The molecule has 140 valence electrons. The summed E-state index contributed by atoms with van der Waals surface area (Å²) in [5.74, 6) is 5.28. The molecule has 1 N–H and O–H groups in total. The van der Waals surface area contributed by atoms with E-state index < -0.39 is 11.0 Å². The highest BCUT2D eigenvalue weighted by atomic mass is 32.2. The molecule has 0 radical (unpaired) electrons. The Morgan fingerprint density at radius 2 is 2.15 bits per heavy atom. The summed E-state index contributed by atoms with van der Waals surface area (Å²) in [5.41, 5.74) is 0.212. The van der Waals surface area contributed by atoms with E-state index in [1.54, 1.807) is 12.3 Å². The van der Waals surface area contributed by atoms with Gasteiger partial charge in [-0.1, -0.05) is 11.8 Å². The lowest BCUT2D eigenvalue weighted by atomic mass is 10.1. The van der Waals surface area contributed by atoms with Crippen LogP contribution in [-0.2, 0) is 9.53 Å². The molecule has 0 fully saturated rings. The minimum Gasteiger partial charge on any atom is -0.470 e. The van der Waals surface area contributed by atoms with Gasteiger partial charge in [0.25, 0.3) is 5.91 Å². The Labute approximate surface area is 164 Å². The number of thioether (sulfide) groups is 1. The number of terminal acetylenes is 2. The normalized spacial score (nSPS) is 12.0. The molecule has 1 aromatic carbocycles. The number of benzene rings is 1. The number of fused-ring (bicyclic) bond motifs is 1. The average molecular weight is 382 g/mol. The van der Waals surface area contributed by atoms with Gasteiger partial charge in [0.1, 0.15) is 12.4 Å². The Balaban J connectivity index is 2.09. The van der Waals surface area contributed by atoms with E-state index in [1.807, 2.05) is 38.3 Å². The third-order valence-corrected chi connectivity index (χ3v) is 4.34. The van der Waals surface area contributed by atoms with E-state index in [0.717, 1.165) is 10.9 Å². The van der Waals surface area contributed by atoms with Crippen LogP contribution in [0.1, 0.15) is 19.4 Å². The van der Waals surface area contributed by atoms with Crippen LogP contribution in [0.3, 0.4) is 0 Å². The summed E-state index contributed by atoms with van der Waals surface area (Å²) in [7, 11) is 0. The molecule has 1 heterocycles. The average Bonchev–Trinajstić information content (AvgIpc) is 2.65. The van der Waals surface area contributed by atoms with E-state index in [1.165, 1.54) is 11.8 Å². The van der Waals surface area contributed by atoms with Crippen molar-refractivity contribution < 1.29 is 14.3 Å². The lowest BCUT2D eigenvalue weighted by Gasteiger charge is -2.28. The topological polar surface area (TPSA) is 60.5 Å². The molecular formula is C21H22N2O3S. The molecular weight excluding hydrogens is 360 g/mol. The Hall–Kier alpha value is -2.67. The van der Waals surface area contributed by atoms with Gasteiger partial charge in [0.15, 0.2) is 0 Å². The number of hydrogen-bond acceptors (Lipinski definition) is 5. The highest BCUT2D eigenvalue weighted by Gasteiger charge is 2.27. The number of amides is 1. The van der Waals surface area contributed by atoms with E-state index in [-0.39, 0.29) is 12.5 Å². The predicted molar refractivity (Wildman–Crippen MR) is 109 cm³/mol. The molecule has 0 aliphatic carbocycles. The molecule has 0 saturated carbocycles. The van der Waals surface area contributed by atoms with E-state index in [2.05, 4.69) is 22.1 Å². The predicted octanol–water partition coefficient (Wildman–Crippen LogP) is 2.83. The highest BCUT2D eigenvalue weighted by molar-refractivity contribution is 7.99.